The van der Waals surface area contributed by atoms with Gasteiger partial charge in [0.15, 0.2) is 0 Å². The van der Waals surface area contributed by atoms with Crippen molar-refractivity contribution in [1.82, 2.24) is 35.1 Å². The van der Waals surface area contributed by atoms with E-state index in [1.165, 1.54) is 14.2 Å². The molecule has 2 aliphatic heterocycles. The summed E-state index contributed by atoms with van der Waals surface area (Å²) in [4.78, 5) is 72.4. The molecule has 1 saturated carbocycles. The van der Waals surface area contributed by atoms with Gasteiger partial charge in [-0.25, -0.2) is 14.8 Å². The zero-order valence-corrected chi connectivity index (χ0v) is 34.5. The predicted octanol–water partition coefficient (Wildman–Crippen LogP) is 7.60. The fraction of sp³-hybridized carbons (Fsp3) is 0.467. The minimum atomic E-state index is -0.711. The maximum atomic E-state index is 14.0. The zero-order valence-electron chi connectivity index (χ0n) is 34.5. The van der Waals surface area contributed by atoms with Crippen LogP contribution in [-0.2, 0) is 29.4 Å². The summed E-state index contributed by atoms with van der Waals surface area (Å²) in [5.74, 6) is 0.788. The number of nitrogens with one attached hydrogen (secondary N) is 3. The van der Waals surface area contributed by atoms with E-state index in [9.17, 15) is 19.2 Å². The molecule has 1 aliphatic carbocycles. The number of piperidine rings is 1. The molecule has 5 atom stereocenters. The lowest BCUT2D eigenvalue weighted by atomic mass is 9.87. The number of hydrogen-bond acceptors (Lipinski definition) is 9. The van der Waals surface area contributed by atoms with Crippen LogP contribution in [0.5, 0.6) is 0 Å². The molecule has 2 aromatic carbocycles. The van der Waals surface area contributed by atoms with Crippen molar-refractivity contribution >= 4 is 34.8 Å². The van der Waals surface area contributed by atoms with E-state index in [0.717, 1.165) is 82.5 Å². The molecule has 3 N–H and O–H groups in total. The van der Waals surface area contributed by atoms with Crippen LogP contribution in [0.1, 0.15) is 83.9 Å². The summed E-state index contributed by atoms with van der Waals surface area (Å²) in [5.41, 5.74) is 5.73. The number of rotatable bonds is 12. The maximum absolute atomic E-state index is 14.0. The summed E-state index contributed by atoms with van der Waals surface area (Å²) in [5, 5.41) is 3.66. The SMILES string of the molecule is COC(=O)C[C@H](C(=O)N1CC2CCC1(c1ncc(-c3ccc(-c4ccc(-c5cnc([C@@H]6CCCN6C(=O)[C@@H](NC(=O)OC)C(C)C)[nH]5)c5occc45)cc3)[nH]1)C2)C(C)C. The molecule has 2 unspecified atom stereocenters. The number of alkyl carbamates (subject to hydrolysis) is 1. The minimum absolute atomic E-state index is 0.00182. The van der Waals surface area contributed by atoms with Gasteiger partial charge in [-0.2, -0.15) is 0 Å². The van der Waals surface area contributed by atoms with Crippen molar-refractivity contribution in [1.29, 1.82) is 0 Å². The van der Waals surface area contributed by atoms with Gasteiger partial charge in [-0.3, -0.25) is 14.4 Å². The molecule has 14 nitrogen and oxygen atoms in total. The number of furan rings is 1. The highest BCUT2D eigenvalue weighted by Crippen LogP contribution is 2.53. The van der Waals surface area contributed by atoms with Gasteiger partial charge in [-0.15, -0.1) is 0 Å². The van der Waals surface area contributed by atoms with Crippen LogP contribution in [0.4, 0.5) is 4.79 Å². The molecule has 0 radical (unpaired) electrons. The van der Waals surface area contributed by atoms with Gasteiger partial charge in [-0.05, 0) is 78.7 Å². The van der Waals surface area contributed by atoms with E-state index in [-0.39, 0.29) is 42.1 Å². The number of esters is 1. The molecule has 0 spiro atoms. The topological polar surface area (TPSA) is 176 Å². The van der Waals surface area contributed by atoms with E-state index in [4.69, 9.17) is 23.9 Å². The Morgan fingerprint density at radius 2 is 1.63 bits per heavy atom. The molecular formula is C45H53N7O7. The number of nitrogens with zero attached hydrogens (tertiary/aromatic N) is 4. The normalized spacial score (nSPS) is 21.1. The Hall–Kier alpha value is -5.92. The first-order valence-corrected chi connectivity index (χ1v) is 20.7. The molecule has 3 fully saturated rings. The summed E-state index contributed by atoms with van der Waals surface area (Å²) in [6.45, 7) is 9.01. The standard InChI is InChI=1S/C45H53N7O7/c1-25(2)33(20-37(53)57-5)41(54)52-24-27-15-17-45(52,21-27)43-47-22-34(49-43)29-11-9-28(10-12-29)30-13-14-32(39-31(30)16-19-59-39)35-23-46-40(48-35)36-8-7-18-51(36)42(55)38(26(3)4)50-44(56)58-6/h9-14,16,19,22-23,25-27,33,36,38H,7-8,15,17-18,20-21,24H2,1-6H3,(H,46,48)(H,47,49)(H,50,56)/t27?,33-,36-,38-,45?/m0/s1. The van der Waals surface area contributed by atoms with Crippen LogP contribution in [0, 0.1) is 23.7 Å². The van der Waals surface area contributed by atoms with Gasteiger partial charge in [0.1, 0.15) is 28.8 Å². The molecular weight excluding hydrogens is 751 g/mol. The molecule has 59 heavy (non-hydrogen) atoms. The van der Waals surface area contributed by atoms with Gasteiger partial charge in [-0.1, -0.05) is 58.0 Å². The smallest absolute Gasteiger partial charge is 0.407 e. The number of amides is 3. The van der Waals surface area contributed by atoms with Crippen LogP contribution in [0.15, 0.2) is 65.5 Å². The first-order valence-electron chi connectivity index (χ1n) is 20.7. The molecule has 2 bridgehead atoms. The first-order chi connectivity index (χ1) is 28.4. The van der Waals surface area contributed by atoms with E-state index in [1.54, 1.807) is 17.4 Å². The van der Waals surface area contributed by atoms with Gasteiger partial charge < -0.3 is 39.0 Å². The number of aromatic amines is 2. The predicted molar refractivity (Wildman–Crippen MR) is 220 cm³/mol. The van der Waals surface area contributed by atoms with E-state index < -0.39 is 23.6 Å². The number of fused-ring (bicyclic) bond motifs is 3. The molecule has 3 aliphatic rings. The Labute approximate surface area is 343 Å². The van der Waals surface area contributed by atoms with Gasteiger partial charge in [0.2, 0.25) is 11.8 Å². The number of carbonyl (C=O) groups excluding carboxylic acids is 4. The number of methoxy groups -OCH3 is 2. The average molecular weight is 804 g/mol. The van der Waals surface area contributed by atoms with Gasteiger partial charge >= 0.3 is 12.1 Å². The van der Waals surface area contributed by atoms with Crippen LogP contribution in [0.3, 0.4) is 0 Å². The average Bonchev–Trinajstić information content (AvgIpc) is 4.10. The highest BCUT2D eigenvalue weighted by molar-refractivity contribution is 6.01. The molecule has 8 rings (SSSR count). The Morgan fingerprint density at radius 1 is 0.881 bits per heavy atom. The van der Waals surface area contributed by atoms with Gasteiger partial charge in [0.05, 0.1) is 62.6 Å². The molecule has 14 heteroatoms. The van der Waals surface area contributed by atoms with Gasteiger partial charge in [0, 0.05) is 24.0 Å². The Balaban J connectivity index is 1.00. The van der Waals surface area contributed by atoms with Gasteiger partial charge in [0.25, 0.3) is 0 Å². The number of likely N-dealkylation sites (tertiary alicyclic amines) is 2. The summed E-state index contributed by atoms with van der Waals surface area (Å²) in [6, 6.07) is 13.4. The van der Waals surface area contributed by atoms with Crippen molar-refractivity contribution < 1.29 is 33.1 Å². The lowest BCUT2D eigenvalue weighted by Crippen LogP contribution is -2.51. The third-order valence-corrected chi connectivity index (χ3v) is 12.8. The minimum Gasteiger partial charge on any atom is -0.469 e. The fourth-order valence-corrected chi connectivity index (χ4v) is 9.57. The van der Waals surface area contributed by atoms with E-state index in [1.807, 2.05) is 50.9 Å². The zero-order chi connectivity index (χ0) is 41.6. The molecule has 310 valence electrons. The van der Waals surface area contributed by atoms with E-state index in [2.05, 4.69) is 45.6 Å². The van der Waals surface area contributed by atoms with Crippen molar-refractivity contribution in [3.63, 3.8) is 0 Å². The van der Waals surface area contributed by atoms with Crippen molar-refractivity contribution in [3.8, 4) is 33.6 Å². The molecule has 2 saturated heterocycles. The monoisotopic (exact) mass is 803 g/mol. The number of carbonyl (C=O) groups is 4. The summed E-state index contributed by atoms with van der Waals surface area (Å²) >= 11 is 0. The summed E-state index contributed by atoms with van der Waals surface area (Å²) < 4.78 is 15.8. The molecule has 3 amide bonds. The van der Waals surface area contributed by atoms with E-state index >= 15 is 0 Å². The Bertz CT molecular complexity index is 2360. The van der Waals surface area contributed by atoms with Crippen molar-refractivity contribution in [2.24, 2.45) is 23.7 Å². The van der Waals surface area contributed by atoms with Crippen LogP contribution >= 0.6 is 0 Å². The number of benzene rings is 2. The second kappa shape index (κ2) is 16.0. The summed E-state index contributed by atoms with van der Waals surface area (Å²) in [7, 11) is 2.65. The van der Waals surface area contributed by atoms with Crippen molar-refractivity contribution in [2.75, 3.05) is 27.3 Å². The second-order valence-corrected chi connectivity index (χ2v) is 17.0. The third kappa shape index (κ3) is 7.27. The number of aromatic nitrogens is 4. The number of H-pyrrole nitrogens is 2. The number of ether oxygens (including phenoxy) is 2. The number of hydrogen-bond donors (Lipinski definition) is 3. The molecule has 3 aromatic heterocycles. The van der Waals surface area contributed by atoms with Crippen molar-refractivity contribution in [3.05, 3.63) is 72.8 Å². The van der Waals surface area contributed by atoms with Crippen LogP contribution in [-0.4, -0.2) is 87.0 Å². The largest absolute Gasteiger partial charge is 0.469 e. The lowest BCUT2D eigenvalue weighted by molar-refractivity contribution is -0.151. The van der Waals surface area contributed by atoms with Crippen LogP contribution in [0.2, 0.25) is 0 Å². The highest BCUT2D eigenvalue weighted by atomic mass is 16.5. The van der Waals surface area contributed by atoms with Crippen LogP contribution < -0.4 is 5.32 Å². The molecule has 5 aromatic rings. The second-order valence-electron chi connectivity index (χ2n) is 17.0. The quantitative estimate of drug-likeness (QED) is 0.107. The molecule has 5 heterocycles. The highest BCUT2D eigenvalue weighted by Gasteiger charge is 2.56. The van der Waals surface area contributed by atoms with E-state index in [0.29, 0.717) is 24.8 Å². The van der Waals surface area contributed by atoms with Crippen molar-refractivity contribution in [2.45, 2.75) is 83.8 Å². The maximum Gasteiger partial charge on any atom is 0.407 e. The van der Waals surface area contributed by atoms with Crippen LogP contribution in [0.25, 0.3) is 44.6 Å². The third-order valence-electron chi connectivity index (χ3n) is 12.8. The summed E-state index contributed by atoms with van der Waals surface area (Å²) in [6.07, 6.45) is 9.07. The lowest BCUT2D eigenvalue weighted by Gasteiger charge is -2.40. The number of imidazole rings is 2. The Morgan fingerprint density at radius 3 is 2.34 bits per heavy atom. The fourth-order valence-electron chi connectivity index (χ4n) is 9.57. The Kier molecular flexibility index (Phi) is 10.8. The first kappa shape index (κ1) is 39.9.